The van der Waals surface area contributed by atoms with Crippen LogP contribution in [0.15, 0.2) is 103 Å². The van der Waals surface area contributed by atoms with Gasteiger partial charge >= 0.3 is 0 Å². The van der Waals surface area contributed by atoms with Gasteiger partial charge in [0.05, 0.1) is 19.1 Å². The lowest BCUT2D eigenvalue weighted by molar-refractivity contribution is 0.416. The van der Waals surface area contributed by atoms with Crippen molar-refractivity contribution in [3.63, 3.8) is 0 Å². The molecule has 0 N–H and O–H groups in total. The second kappa shape index (κ2) is 9.32. The maximum atomic E-state index is 14.2. The molecule has 0 spiro atoms. The van der Waals surface area contributed by atoms with E-state index in [2.05, 4.69) is 29.2 Å². The number of hydrogen-bond acceptors (Lipinski definition) is 2. The maximum Gasteiger partial charge on any atom is 0.159 e. The molecule has 34 heavy (non-hydrogen) atoms. The van der Waals surface area contributed by atoms with Gasteiger partial charge in [0.15, 0.2) is 11.6 Å². The molecule has 5 rings (SSSR count). The predicted octanol–water partition coefficient (Wildman–Crippen LogP) is 7.22. The molecule has 1 aromatic heterocycles. The van der Waals surface area contributed by atoms with Crippen molar-refractivity contribution in [3.8, 4) is 39.4 Å². The fourth-order valence-corrected chi connectivity index (χ4v) is 4.16. The number of hydrogen-bond donors (Lipinski definition) is 0. The minimum Gasteiger partial charge on any atom is -0.496 e. The van der Waals surface area contributed by atoms with Crippen LogP contribution in [0, 0.1) is 11.6 Å². The summed E-state index contributed by atoms with van der Waals surface area (Å²) >= 11 is 0. The molecule has 4 aromatic carbocycles. The Bertz CT molecular complexity index is 1440. The molecular formula is C29H22F2N2O. The van der Waals surface area contributed by atoms with Crippen LogP contribution in [0.5, 0.6) is 5.75 Å². The first-order valence-electron chi connectivity index (χ1n) is 10.9. The smallest absolute Gasteiger partial charge is 0.159 e. The van der Waals surface area contributed by atoms with Crippen LogP contribution >= 0.6 is 0 Å². The van der Waals surface area contributed by atoms with Crippen LogP contribution in [0.1, 0.15) is 5.56 Å². The highest BCUT2D eigenvalue weighted by atomic mass is 19.2. The van der Waals surface area contributed by atoms with E-state index in [4.69, 9.17) is 4.74 Å². The van der Waals surface area contributed by atoms with E-state index in [1.54, 1.807) is 19.5 Å². The summed E-state index contributed by atoms with van der Waals surface area (Å²) in [6.07, 6.45) is 1.73. The van der Waals surface area contributed by atoms with Gasteiger partial charge in [-0.1, -0.05) is 60.7 Å². The Balaban J connectivity index is 1.62. The number of rotatable bonds is 6. The van der Waals surface area contributed by atoms with Crippen molar-refractivity contribution < 1.29 is 13.5 Å². The molecule has 0 aliphatic heterocycles. The summed E-state index contributed by atoms with van der Waals surface area (Å²) in [6, 6.07) is 29.9. The summed E-state index contributed by atoms with van der Waals surface area (Å²) in [5.41, 5.74) is 5.95. The summed E-state index contributed by atoms with van der Waals surface area (Å²) in [5, 5.41) is 0. The Labute approximate surface area is 196 Å². The summed E-state index contributed by atoms with van der Waals surface area (Å²) < 4.78 is 35.4. The number of methoxy groups -OCH3 is 1. The molecular weight excluding hydrogens is 430 g/mol. The molecule has 0 saturated carbocycles. The Morgan fingerprint density at radius 1 is 0.735 bits per heavy atom. The lowest BCUT2D eigenvalue weighted by Crippen LogP contribution is -2.02. The predicted molar refractivity (Wildman–Crippen MR) is 131 cm³/mol. The number of ether oxygens (including phenoxy) is 1. The quantitative estimate of drug-likeness (QED) is 0.272. The second-order valence-corrected chi connectivity index (χ2v) is 7.97. The molecule has 0 unspecified atom stereocenters. The van der Waals surface area contributed by atoms with Gasteiger partial charge < -0.3 is 9.30 Å². The van der Waals surface area contributed by atoms with Crippen LogP contribution in [-0.2, 0) is 6.54 Å². The zero-order valence-electron chi connectivity index (χ0n) is 18.6. The fourth-order valence-electron chi connectivity index (χ4n) is 4.16. The van der Waals surface area contributed by atoms with Gasteiger partial charge in [-0.3, -0.25) is 0 Å². The molecule has 0 aliphatic carbocycles. The summed E-state index contributed by atoms with van der Waals surface area (Å²) in [5.74, 6) is -1.13. The van der Waals surface area contributed by atoms with Crippen LogP contribution in [-0.4, -0.2) is 16.7 Å². The average Bonchev–Trinajstić information content (AvgIpc) is 3.29. The standard InChI is InChI=1S/C29H22F2N2O/c1-34-27-13-6-5-12-24(27)28-29(23-14-15-25(30)26(31)17-23)33(19-32-28)18-20-8-7-11-22(16-20)21-9-3-2-4-10-21/h2-17,19H,18H2,1H3. The summed E-state index contributed by atoms with van der Waals surface area (Å²) in [7, 11) is 1.60. The van der Waals surface area contributed by atoms with Crippen molar-refractivity contribution in [1.29, 1.82) is 0 Å². The second-order valence-electron chi connectivity index (χ2n) is 7.97. The number of halogens is 2. The topological polar surface area (TPSA) is 27.1 Å². The van der Waals surface area contributed by atoms with Crippen LogP contribution in [0.4, 0.5) is 8.78 Å². The van der Waals surface area contributed by atoms with E-state index >= 15 is 0 Å². The van der Waals surface area contributed by atoms with Gasteiger partial charge in [0, 0.05) is 17.7 Å². The largest absolute Gasteiger partial charge is 0.496 e. The van der Waals surface area contributed by atoms with Gasteiger partial charge in [0.2, 0.25) is 0 Å². The molecule has 0 fully saturated rings. The SMILES string of the molecule is COc1ccccc1-c1ncn(Cc2cccc(-c3ccccc3)c2)c1-c1ccc(F)c(F)c1. The van der Waals surface area contributed by atoms with E-state index < -0.39 is 11.6 Å². The van der Waals surface area contributed by atoms with E-state index in [-0.39, 0.29) is 0 Å². The molecule has 0 radical (unpaired) electrons. The van der Waals surface area contributed by atoms with E-state index in [1.807, 2.05) is 59.2 Å². The number of imidazole rings is 1. The van der Waals surface area contributed by atoms with Crippen LogP contribution in [0.3, 0.4) is 0 Å². The average molecular weight is 453 g/mol. The Morgan fingerprint density at radius 3 is 2.29 bits per heavy atom. The van der Waals surface area contributed by atoms with Crippen molar-refractivity contribution in [2.24, 2.45) is 0 Å². The number of benzene rings is 4. The highest BCUT2D eigenvalue weighted by molar-refractivity contribution is 5.82. The number of para-hydroxylation sites is 1. The monoisotopic (exact) mass is 452 g/mol. The first-order valence-corrected chi connectivity index (χ1v) is 10.9. The van der Waals surface area contributed by atoms with E-state index in [0.29, 0.717) is 29.2 Å². The van der Waals surface area contributed by atoms with E-state index in [0.717, 1.165) is 28.3 Å². The van der Waals surface area contributed by atoms with Gasteiger partial charge in [-0.2, -0.15) is 0 Å². The summed E-state index contributed by atoms with van der Waals surface area (Å²) in [4.78, 5) is 4.67. The Morgan fingerprint density at radius 2 is 1.50 bits per heavy atom. The third-order valence-electron chi connectivity index (χ3n) is 5.78. The van der Waals surface area contributed by atoms with E-state index in [9.17, 15) is 8.78 Å². The lowest BCUT2D eigenvalue weighted by atomic mass is 10.0. The van der Waals surface area contributed by atoms with Crippen molar-refractivity contribution in [1.82, 2.24) is 9.55 Å². The van der Waals surface area contributed by atoms with Crippen molar-refractivity contribution in [3.05, 3.63) is 121 Å². The first-order chi connectivity index (χ1) is 16.6. The molecule has 3 nitrogen and oxygen atoms in total. The first kappa shape index (κ1) is 21.6. The third-order valence-corrected chi connectivity index (χ3v) is 5.78. The minimum absolute atomic E-state index is 0.511. The van der Waals surface area contributed by atoms with Crippen molar-refractivity contribution in [2.75, 3.05) is 7.11 Å². The third kappa shape index (κ3) is 4.20. The zero-order valence-corrected chi connectivity index (χ0v) is 18.6. The number of nitrogens with zero attached hydrogens (tertiary/aromatic N) is 2. The van der Waals surface area contributed by atoms with Crippen LogP contribution < -0.4 is 4.74 Å². The Hall–Kier alpha value is -4.25. The maximum absolute atomic E-state index is 14.2. The summed E-state index contributed by atoms with van der Waals surface area (Å²) in [6.45, 7) is 0.511. The molecule has 5 aromatic rings. The van der Waals surface area contributed by atoms with Gasteiger partial charge in [-0.05, 0) is 53.1 Å². The van der Waals surface area contributed by atoms with Crippen LogP contribution in [0.25, 0.3) is 33.6 Å². The molecule has 0 aliphatic rings. The zero-order chi connectivity index (χ0) is 23.5. The van der Waals surface area contributed by atoms with Gasteiger partial charge in [-0.25, -0.2) is 13.8 Å². The van der Waals surface area contributed by atoms with E-state index in [1.165, 1.54) is 6.07 Å². The molecule has 5 heteroatoms. The number of aromatic nitrogens is 2. The van der Waals surface area contributed by atoms with Gasteiger partial charge in [0.1, 0.15) is 11.4 Å². The minimum atomic E-state index is -0.901. The molecule has 0 atom stereocenters. The lowest BCUT2D eigenvalue weighted by Gasteiger charge is -2.13. The molecule has 1 heterocycles. The fraction of sp³-hybridized carbons (Fsp3) is 0.0690. The molecule has 0 bridgehead atoms. The highest BCUT2D eigenvalue weighted by Gasteiger charge is 2.19. The normalized spacial score (nSPS) is 10.9. The van der Waals surface area contributed by atoms with Crippen molar-refractivity contribution in [2.45, 2.75) is 6.54 Å². The van der Waals surface area contributed by atoms with Gasteiger partial charge in [0.25, 0.3) is 0 Å². The highest BCUT2D eigenvalue weighted by Crippen LogP contribution is 2.37. The van der Waals surface area contributed by atoms with Crippen LogP contribution in [0.2, 0.25) is 0 Å². The Kier molecular flexibility index (Phi) is 5.91. The molecule has 168 valence electrons. The molecule has 0 amide bonds. The molecule has 0 saturated heterocycles. The van der Waals surface area contributed by atoms with Crippen molar-refractivity contribution >= 4 is 0 Å². The van der Waals surface area contributed by atoms with Gasteiger partial charge in [-0.15, -0.1) is 0 Å².